The van der Waals surface area contributed by atoms with E-state index < -0.39 is 0 Å². The number of benzene rings is 2. The average Bonchev–Trinajstić information content (AvgIpc) is 2.48. The zero-order valence-electron chi connectivity index (χ0n) is 12.3. The molecule has 0 heterocycles. The van der Waals surface area contributed by atoms with Crippen LogP contribution in [0.4, 0.5) is 0 Å². The lowest BCUT2D eigenvalue weighted by Gasteiger charge is -2.10. The van der Waals surface area contributed by atoms with Crippen molar-refractivity contribution >= 4 is 0 Å². The van der Waals surface area contributed by atoms with Crippen LogP contribution in [0.3, 0.4) is 0 Å². The van der Waals surface area contributed by atoms with Crippen molar-refractivity contribution in [2.45, 2.75) is 20.0 Å². The van der Waals surface area contributed by atoms with Crippen LogP contribution in [-0.4, -0.2) is 14.2 Å². The van der Waals surface area contributed by atoms with E-state index in [1.165, 1.54) is 11.1 Å². The molecule has 0 bridgehead atoms. The van der Waals surface area contributed by atoms with Gasteiger partial charge < -0.3 is 14.8 Å². The minimum atomic E-state index is 0.780. The van der Waals surface area contributed by atoms with Gasteiger partial charge in [0.1, 0.15) is 11.5 Å². The van der Waals surface area contributed by atoms with Crippen molar-refractivity contribution in [2.24, 2.45) is 0 Å². The quantitative estimate of drug-likeness (QED) is 0.874. The lowest BCUT2D eigenvalue weighted by atomic mass is 10.1. The third-order valence-corrected chi connectivity index (χ3v) is 3.32. The monoisotopic (exact) mass is 271 g/mol. The summed E-state index contributed by atoms with van der Waals surface area (Å²) in [4.78, 5) is 0. The van der Waals surface area contributed by atoms with Gasteiger partial charge >= 0.3 is 0 Å². The van der Waals surface area contributed by atoms with Crippen LogP contribution >= 0.6 is 0 Å². The van der Waals surface area contributed by atoms with Gasteiger partial charge in [0.25, 0.3) is 0 Å². The molecule has 0 aliphatic rings. The Kier molecular flexibility index (Phi) is 5.02. The molecule has 0 atom stereocenters. The minimum Gasteiger partial charge on any atom is -0.497 e. The Labute approximate surface area is 120 Å². The van der Waals surface area contributed by atoms with Crippen LogP contribution in [-0.2, 0) is 13.1 Å². The van der Waals surface area contributed by atoms with Crippen molar-refractivity contribution in [3.05, 3.63) is 59.2 Å². The van der Waals surface area contributed by atoms with Gasteiger partial charge in [0.2, 0.25) is 0 Å². The maximum Gasteiger partial charge on any atom is 0.122 e. The van der Waals surface area contributed by atoms with Crippen LogP contribution in [0.2, 0.25) is 0 Å². The van der Waals surface area contributed by atoms with Crippen molar-refractivity contribution in [3.8, 4) is 11.5 Å². The second-order valence-corrected chi connectivity index (χ2v) is 4.75. The normalized spacial score (nSPS) is 10.3. The van der Waals surface area contributed by atoms with E-state index in [1.54, 1.807) is 14.2 Å². The zero-order chi connectivity index (χ0) is 14.4. The predicted octanol–water partition coefficient (Wildman–Crippen LogP) is 3.30. The van der Waals surface area contributed by atoms with E-state index in [2.05, 4.69) is 36.5 Å². The predicted molar refractivity (Wildman–Crippen MR) is 81.3 cm³/mol. The summed E-state index contributed by atoms with van der Waals surface area (Å²) in [5, 5.41) is 3.45. The number of methoxy groups -OCH3 is 2. The van der Waals surface area contributed by atoms with Gasteiger partial charge in [-0.2, -0.15) is 0 Å². The first-order valence-electron chi connectivity index (χ1n) is 6.70. The highest BCUT2D eigenvalue weighted by atomic mass is 16.5. The molecule has 3 nitrogen and oxygen atoms in total. The maximum atomic E-state index is 5.27. The first-order chi connectivity index (χ1) is 9.72. The van der Waals surface area contributed by atoms with Gasteiger partial charge in [-0.05, 0) is 35.7 Å². The van der Waals surface area contributed by atoms with Gasteiger partial charge in [0, 0.05) is 19.2 Å². The molecule has 0 saturated carbocycles. The zero-order valence-corrected chi connectivity index (χ0v) is 12.3. The molecule has 0 saturated heterocycles. The Balaban J connectivity index is 1.99. The fourth-order valence-corrected chi connectivity index (χ4v) is 2.12. The smallest absolute Gasteiger partial charge is 0.122 e. The summed E-state index contributed by atoms with van der Waals surface area (Å²) in [5.74, 6) is 1.63. The van der Waals surface area contributed by atoms with Crippen molar-refractivity contribution < 1.29 is 9.47 Å². The fraction of sp³-hybridized carbons (Fsp3) is 0.294. The molecule has 20 heavy (non-hydrogen) atoms. The van der Waals surface area contributed by atoms with E-state index in [9.17, 15) is 0 Å². The highest BCUT2D eigenvalue weighted by Gasteiger charge is 2.02. The Hall–Kier alpha value is -2.00. The van der Waals surface area contributed by atoms with Crippen LogP contribution in [0.15, 0.2) is 42.5 Å². The molecule has 0 radical (unpaired) electrons. The summed E-state index contributed by atoms with van der Waals surface area (Å²) in [6.45, 7) is 3.76. The number of hydrogen-bond donors (Lipinski definition) is 1. The first-order valence-corrected chi connectivity index (χ1v) is 6.70. The molecule has 0 aromatic heterocycles. The third-order valence-electron chi connectivity index (χ3n) is 3.32. The molecule has 0 fully saturated rings. The van der Waals surface area contributed by atoms with Crippen LogP contribution in [0.5, 0.6) is 11.5 Å². The SMILES string of the molecule is COc1cc(CNCc2ccccc2C)cc(OC)c1. The van der Waals surface area contributed by atoms with Gasteiger partial charge in [-0.1, -0.05) is 24.3 Å². The summed E-state index contributed by atoms with van der Waals surface area (Å²) in [6.07, 6.45) is 0. The molecule has 0 amide bonds. The topological polar surface area (TPSA) is 30.5 Å². The average molecular weight is 271 g/mol. The van der Waals surface area contributed by atoms with Crippen LogP contribution in [0.25, 0.3) is 0 Å². The Morgan fingerprint density at radius 2 is 1.55 bits per heavy atom. The van der Waals surface area contributed by atoms with E-state index in [-0.39, 0.29) is 0 Å². The standard InChI is InChI=1S/C17H21NO2/c1-13-6-4-5-7-15(13)12-18-11-14-8-16(19-2)10-17(9-14)20-3/h4-10,18H,11-12H2,1-3H3. The van der Waals surface area contributed by atoms with Gasteiger partial charge in [0.05, 0.1) is 14.2 Å². The Morgan fingerprint density at radius 1 is 0.900 bits per heavy atom. The van der Waals surface area contributed by atoms with Crippen molar-refractivity contribution in [3.63, 3.8) is 0 Å². The van der Waals surface area contributed by atoms with Gasteiger partial charge in [-0.3, -0.25) is 0 Å². The van der Waals surface area contributed by atoms with E-state index in [0.717, 1.165) is 30.2 Å². The van der Waals surface area contributed by atoms with Crippen molar-refractivity contribution in [1.29, 1.82) is 0 Å². The number of nitrogens with one attached hydrogen (secondary N) is 1. The van der Waals surface area contributed by atoms with E-state index >= 15 is 0 Å². The number of aryl methyl sites for hydroxylation is 1. The molecular formula is C17H21NO2. The fourth-order valence-electron chi connectivity index (χ4n) is 2.12. The second kappa shape index (κ2) is 6.96. The molecule has 0 aliphatic heterocycles. The number of hydrogen-bond acceptors (Lipinski definition) is 3. The summed E-state index contributed by atoms with van der Waals surface area (Å²) < 4.78 is 10.5. The molecule has 3 heteroatoms. The van der Waals surface area contributed by atoms with Crippen LogP contribution in [0, 0.1) is 6.92 Å². The lowest BCUT2D eigenvalue weighted by Crippen LogP contribution is -2.13. The summed E-state index contributed by atoms with van der Waals surface area (Å²) in [6, 6.07) is 14.3. The van der Waals surface area contributed by atoms with Gasteiger partial charge in [-0.25, -0.2) is 0 Å². The molecule has 0 unspecified atom stereocenters. The van der Waals surface area contributed by atoms with E-state index in [4.69, 9.17) is 9.47 Å². The van der Waals surface area contributed by atoms with Gasteiger partial charge in [-0.15, -0.1) is 0 Å². The van der Waals surface area contributed by atoms with Crippen LogP contribution < -0.4 is 14.8 Å². The van der Waals surface area contributed by atoms with Crippen molar-refractivity contribution in [1.82, 2.24) is 5.32 Å². The molecule has 0 aliphatic carbocycles. The molecule has 2 rings (SSSR count). The molecular weight excluding hydrogens is 250 g/mol. The Morgan fingerprint density at radius 3 is 2.15 bits per heavy atom. The minimum absolute atomic E-state index is 0.780. The number of ether oxygens (including phenoxy) is 2. The molecule has 2 aromatic rings. The highest BCUT2D eigenvalue weighted by molar-refractivity contribution is 5.38. The van der Waals surface area contributed by atoms with E-state index in [1.807, 2.05) is 18.2 Å². The second-order valence-electron chi connectivity index (χ2n) is 4.75. The molecule has 106 valence electrons. The molecule has 0 spiro atoms. The summed E-state index contributed by atoms with van der Waals surface area (Å²) >= 11 is 0. The molecule has 1 N–H and O–H groups in total. The van der Waals surface area contributed by atoms with E-state index in [0.29, 0.717) is 0 Å². The largest absolute Gasteiger partial charge is 0.497 e. The van der Waals surface area contributed by atoms with Crippen molar-refractivity contribution in [2.75, 3.05) is 14.2 Å². The Bertz CT molecular complexity index is 544. The summed E-state index contributed by atoms with van der Waals surface area (Å²) in [5.41, 5.74) is 3.78. The van der Waals surface area contributed by atoms with Crippen LogP contribution in [0.1, 0.15) is 16.7 Å². The lowest BCUT2D eigenvalue weighted by molar-refractivity contribution is 0.393. The maximum absolute atomic E-state index is 5.27. The first kappa shape index (κ1) is 14.4. The molecule has 2 aromatic carbocycles. The third kappa shape index (κ3) is 3.75. The highest BCUT2D eigenvalue weighted by Crippen LogP contribution is 2.22. The number of rotatable bonds is 6. The van der Waals surface area contributed by atoms with Gasteiger partial charge in [0.15, 0.2) is 0 Å². The summed E-state index contributed by atoms with van der Waals surface area (Å²) in [7, 11) is 3.33.